The average Bonchev–Trinajstić information content (AvgIpc) is 2.76. The number of nitrogens with zero attached hydrogens (tertiary/aromatic N) is 2. The van der Waals surface area contributed by atoms with Gasteiger partial charge in [0.15, 0.2) is 5.58 Å². The van der Waals surface area contributed by atoms with Crippen LogP contribution in [-0.4, -0.2) is 16.0 Å². The van der Waals surface area contributed by atoms with Crippen molar-refractivity contribution in [1.82, 2.24) is 4.98 Å². The van der Waals surface area contributed by atoms with Crippen molar-refractivity contribution in [3.63, 3.8) is 0 Å². The van der Waals surface area contributed by atoms with Gasteiger partial charge < -0.3 is 14.8 Å². The minimum absolute atomic E-state index is 0.0110. The number of halogens is 2. The summed E-state index contributed by atoms with van der Waals surface area (Å²) in [5.41, 5.74) is 2.71. The molecule has 32 heavy (non-hydrogen) atoms. The fraction of sp³-hybridized carbons (Fsp3) is 0.125. The molecule has 0 unspecified atom stereocenters. The summed E-state index contributed by atoms with van der Waals surface area (Å²) in [6.07, 6.45) is 1.49. The number of anilines is 1. The number of rotatable bonds is 4. The Kier molecular flexibility index (Phi) is 5.79. The van der Waals surface area contributed by atoms with E-state index in [0.717, 1.165) is 17.7 Å². The number of nitrogens with one attached hydrogen (secondary N) is 1. The molecule has 162 valence electrons. The van der Waals surface area contributed by atoms with Gasteiger partial charge in [-0.2, -0.15) is 0 Å². The van der Waals surface area contributed by atoms with E-state index in [0.29, 0.717) is 34.0 Å². The molecule has 0 atom stereocenters. The number of hydrogen-bond acceptors (Lipinski definition) is 5. The maximum Gasteiger partial charge on any atom is 0.261 e. The van der Waals surface area contributed by atoms with Crippen LogP contribution in [0.15, 0.2) is 64.1 Å². The zero-order valence-electron chi connectivity index (χ0n) is 17.3. The van der Waals surface area contributed by atoms with E-state index in [4.69, 9.17) is 4.42 Å². The molecule has 2 heterocycles. The van der Waals surface area contributed by atoms with Gasteiger partial charge in [0.1, 0.15) is 17.2 Å². The molecule has 2 aromatic heterocycles. The minimum Gasteiger partial charge on any atom is -0.436 e. The van der Waals surface area contributed by atoms with Crippen LogP contribution < -0.4 is 10.9 Å². The number of benzene rings is 2. The fourth-order valence-corrected chi connectivity index (χ4v) is 3.26. The molecule has 8 heteroatoms. The second kappa shape index (κ2) is 8.68. The molecule has 0 saturated heterocycles. The summed E-state index contributed by atoms with van der Waals surface area (Å²) in [6.45, 7) is 3.32. The van der Waals surface area contributed by atoms with Crippen LogP contribution in [0.1, 0.15) is 27.2 Å². The Morgan fingerprint density at radius 3 is 2.69 bits per heavy atom. The highest BCUT2D eigenvalue weighted by atomic mass is 19.1. The largest absolute Gasteiger partial charge is 0.436 e. The van der Waals surface area contributed by atoms with Crippen molar-refractivity contribution < 1.29 is 23.1 Å². The van der Waals surface area contributed by atoms with Gasteiger partial charge in [-0.25, -0.2) is 13.8 Å². The first kappa shape index (κ1) is 21.3. The van der Waals surface area contributed by atoms with E-state index < -0.39 is 17.5 Å². The molecular weight excluding hydrogens is 416 g/mol. The Labute approximate surface area is 181 Å². The Morgan fingerprint density at radius 2 is 1.97 bits per heavy atom. The van der Waals surface area contributed by atoms with Crippen LogP contribution in [0.3, 0.4) is 0 Å². The van der Waals surface area contributed by atoms with Crippen LogP contribution >= 0.6 is 0 Å². The SMILES string of the molecule is Cc1cccc(N=c2oc3c(C)ncc(CO)c3cc2C(=O)Nc2ccc(F)cc2F)c1. The van der Waals surface area contributed by atoms with E-state index in [-0.39, 0.29) is 23.4 Å². The van der Waals surface area contributed by atoms with E-state index in [1.807, 2.05) is 25.1 Å². The monoisotopic (exact) mass is 435 g/mol. The van der Waals surface area contributed by atoms with Crippen LogP contribution in [0.2, 0.25) is 0 Å². The third-order valence-electron chi connectivity index (χ3n) is 4.88. The molecule has 2 N–H and O–H groups in total. The van der Waals surface area contributed by atoms with Gasteiger partial charge in [0.05, 0.1) is 23.7 Å². The number of carbonyl (C=O) groups is 1. The number of amides is 1. The van der Waals surface area contributed by atoms with Gasteiger partial charge in [-0.15, -0.1) is 0 Å². The molecule has 0 spiro atoms. The Morgan fingerprint density at radius 1 is 1.16 bits per heavy atom. The number of aliphatic hydroxyl groups is 1. The Hall–Kier alpha value is -3.91. The van der Waals surface area contributed by atoms with Crippen molar-refractivity contribution in [2.24, 2.45) is 4.99 Å². The number of fused-ring (bicyclic) bond motifs is 1. The van der Waals surface area contributed by atoms with Crippen molar-refractivity contribution in [2.45, 2.75) is 20.5 Å². The van der Waals surface area contributed by atoms with Crippen molar-refractivity contribution in [1.29, 1.82) is 0 Å². The van der Waals surface area contributed by atoms with Gasteiger partial charge in [0, 0.05) is 23.2 Å². The van der Waals surface area contributed by atoms with E-state index in [1.54, 1.807) is 13.0 Å². The number of aliphatic hydroxyl groups excluding tert-OH is 1. The second-order valence-electron chi connectivity index (χ2n) is 7.26. The molecule has 0 aliphatic rings. The molecule has 0 fully saturated rings. The molecule has 0 bridgehead atoms. The lowest BCUT2D eigenvalue weighted by molar-refractivity contribution is 0.102. The molecule has 6 nitrogen and oxygen atoms in total. The molecule has 0 aliphatic heterocycles. The smallest absolute Gasteiger partial charge is 0.261 e. The van der Waals surface area contributed by atoms with Crippen LogP contribution in [0, 0.1) is 25.5 Å². The molecule has 4 aromatic rings. The van der Waals surface area contributed by atoms with Crippen molar-refractivity contribution >= 4 is 28.3 Å². The average molecular weight is 435 g/mol. The minimum atomic E-state index is -0.913. The van der Waals surface area contributed by atoms with Gasteiger partial charge >= 0.3 is 0 Å². The first-order valence-electron chi connectivity index (χ1n) is 9.76. The number of hydrogen-bond donors (Lipinski definition) is 2. The maximum absolute atomic E-state index is 14.1. The summed E-state index contributed by atoms with van der Waals surface area (Å²) in [5.74, 6) is -2.37. The number of aryl methyl sites for hydroxylation is 2. The molecule has 0 aliphatic carbocycles. The van der Waals surface area contributed by atoms with Gasteiger partial charge in [-0.1, -0.05) is 12.1 Å². The quantitative estimate of drug-likeness (QED) is 0.486. The summed E-state index contributed by atoms with van der Waals surface area (Å²) < 4.78 is 33.3. The number of carbonyl (C=O) groups excluding carboxylic acids is 1. The summed E-state index contributed by atoms with van der Waals surface area (Å²) in [7, 11) is 0. The third kappa shape index (κ3) is 4.26. The molecule has 0 radical (unpaired) electrons. The lowest BCUT2D eigenvalue weighted by Crippen LogP contribution is -2.22. The second-order valence-corrected chi connectivity index (χ2v) is 7.26. The van der Waals surface area contributed by atoms with Gasteiger partial charge in [-0.3, -0.25) is 9.78 Å². The molecule has 2 aromatic carbocycles. The van der Waals surface area contributed by atoms with Crippen molar-refractivity contribution in [3.8, 4) is 0 Å². The molecule has 4 rings (SSSR count). The van der Waals surface area contributed by atoms with Crippen LogP contribution in [0.5, 0.6) is 0 Å². The highest BCUT2D eigenvalue weighted by Gasteiger charge is 2.18. The number of pyridine rings is 1. The summed E-state index contributed by atoms with van der Waals surface area (Å²) in [5, 5.41) is 12.6. The standard InChI is InChI=1S/C24H19F2N3O3/c1-13-4-3-5-17(8-13)28-24-19(23(31)29-21-7-6-16(25)9-20(21)26)10-18-15(12-30)11-27-14(2)22(18)32-24/h3-11,30H,12H2,1-2H3,(H,29,31). The molecular formula is C24H19F2N3O3. The van der Waals surface area contributed by atoms with Crippen molar-refractivity contribution in [3.05, 3.63) is 94.3 Å². The van der Waals surface area contributed by atoms with E-state index in [9.17, 15) is 18.7 Å². The predicted octanol–water partition coefficient (Wildman–Crippen LogP) is 4.70. The topological polar surface area (TPSA) is 87.7 Å². The van der Waals surface area contributed by atoms with E-state index in [1.165, 1.54) is 12.3 Å². The predicted molar refractivity (Wildman–Crippen MR) is 115 cm³/mol. The van der Waals surface area contributed by atoms with Crippen molar-refractivity contribution in [2.75, 3.05) is 5.32 Å². The zero-order chi connectivity index (χ0) is 22.8. The first-order chi connectivity index (χ1) is 15.4. The van der Waals surface area contributed by atoms with Crippen LogP contribution in [-0.2, 0) is 6.61 Å². The summed E-state index contributed by atoms with van der Waals surface area (Å²) in [4.78, 5) is 21.8. The lowest BCUT2D eigenvalue weighted by atomic mass is 10.1. The zero-order valence-corrected chi connectivity index (χ0v) is 17.3. The first-order valence-corrected chi connectivity index (χ1v) is 9.76. The third-order valence-corrected chi connectivity index (χ3v) is 4.88. The highest BCUT2D eigenvalue weighted by molar-refractivity contribution is 6.05. The summed E-state index contributed by atoms with van der Waals surface area (Å²) in [6, 6.07) is 11.7. The van der Waals surface area contributed by atoms with E-state index >= 15 is 0 Å². The van der Waals surface area contributed by atoms with Gasteiger partial charge in [0.2, 0.25) is 5.55 Å². The van der Waals surface area contributed by atoms with Gasteiger partial charge in [0.25, 0.3) is 5.91 Å². The van der Waals surface area contributed by atoms with Crippen LogP contribution in [0.4, 0.5) is 20.2 Å². The normalized spacial score (nSPS) is 11.7. The fourth-order valence-electron chi connectivity index (χ4n) is 3.26. The van der Waals surface area contributed by atoms with Gasteiger partial charge in [-0.05, 0) is 49.7 Å². The Bertz CT molecular complexity index is 1410. The maximum atomic E-state index is 14.1. The Balaban J connectivity index is 1.93. The summed E-state index contributed by atoms with van der Waals surface area (Å²) >= 11 is 0. The molecule has 0 saturated carbocycles. The van der Waals surface area contributed by atoms with E-state index in [2.05, 4.69) is 15.3 Å². The lowest BCUT2D eigenvalue weighted by Gasteiger charge is -2.10. The van der Waals surface area contributed by atoms with Crippen LogP contribution in [0.25, 0.3) is 11.0 Å². The highest BCUT2D eigenvalue weighted by Crippen LogP contribution is 2.23. The molecule has 1 amide bonds. The number of aromatic nitrogens is 1.